The van der Waals surface area contributed by atoms with E-state index in [9.17, 15) is 8.42 Å². The third-order valence-electron chi connectivity index (χ3n) is 2.19. The highest BCUT2D eigenvalue weighted by molar-refractivity contribution is 7.99. The Morgan fingerprint density at radius 2 is 1.75 bits per heavy atom. The van der Waals surface area contributed by atoms with Crippen molar-refractivity contribution in [2.24, 2.45) is 0 Å². The van der Waals surface area contributed by atoms with Crippen molar-refractivity contribution in [3.8, 4) is 0 Å². The molecule has 0 atom stereocenters. The minimum atomic E-state index is -3.44. The molecule has 0 spiro atoms. The summed E-state index contributed by atoms with van der Waals surface area (Å²) >= 11 is 1.41. The van der Waals surface area contributed by atoms with E-state index in [1.54, 1.807) is 48.7 Å². The Bertz CT molecular complexity index is 573. The monoisotopic (exact) mass is 253 g/mol. The van der Waals surface area contributed by atoms with E-state index in [1.807, 2.05) is 6.26 Å². The van der Waals surface area contributed by atoms with Crippen molar-refractivity contribution in [2.45, 2.75) is 9.92 Å². The molecule has 0 N–H and O–H groups in total. The van der Waals surface area contributed by atoms with Crippen LogP contribution in [0.5, 0.6) is 0 Å². The van der Waals surface area contributed by atoms with Gasteiger partial charge in [-0.25, -0.2) is 12.4 Å². The molecule has 16 heavy (non-hydrogen) atoms. The summed E-state index contributed by atoms with van der Waals surface area (Å²) in [5.41, 5.74) is 0. The molecule has 0 saturated carbocycles. The van der Waals surface area contributed by atoms with Crippen LogP contribution in [0.1, 0.15) is 0 Å². The Morgan fingerprint density at radius 1 is 1.06 bits per heavy atom. The van der Waals surface area contributed by atoms with Crippen LogP contribution in [0.2, 0.25) is 0 Å². The van der Waals surface area contributed by atoms with Crippen LogP contribution in [0.15, 0.2) is 58.6 Å². The van der Waals surface area contributed by atoms with Gasteiger partial charge in [0.1, 0.15) is 0 Å². The summed E-state index contributed by atoms with van der Waals surface area (Å²) in [5.74, 6) is 0. The molecule has 5 heteroatoms. The molecule has 0 aliphatic heterocycles. The van der Waals surface area contributed by atoms with Crippen molar-refractivity contribution in [1.29, 1.82) is 0 Å². The number of nitrogens with zero attached hydrogens (tertiary/aromatic N) is 1. The van der Waals surface area contributed by atoms with E-state index in [0.29, 0.717) is 9.92 Å². The minimum absolute atomic E-state index is 0.307. The lowest BCUT2D eigenvalue weighted by Crippen LogP contribution is -2.12. The van der Waals surface area contributed by atoms with Crippen LogP contribution in [0, 0.1) is 0 Å². The lowest BCUT2D eigenvalue weighted by Gasteiger charge is -2.08. The molecule has 0 amide bonds. The largest absolute Gasteiger partial charge is 0.268 e. The van der Waals surface area contributed by atoms with Crippen LogP contribution in [-0.2, 0) is 10.0 Å². The average Bonchev–Trinajstić information content (AvgIpc) is 2.79. The molecule has 1 aromatic heterocycles. The van der Waals surface area contributed by atoms with Crippen LogP contribution >= 0.6 is 11.8 Å². The van der Waals surface area contributed by atoms with Crippen LogP contribution in [0.4, 0.5) is 0 Å². The highest BCUT2D eigenvalue weighted by Gasteiger charge is 2.17. The summed E-state index contributed by atoms with van der Waals surface area (Å²) in [6, 6.07) is 11.9. The van der Waals surface area contributed by atoms with E-state index in [2.05, 4.69) is 0 Å². The van der Waals surface area contributed by atoms with Crippen LogP contribution in [0.3, 0.4) is 0 Å². The zero-order chi connectivity index (χ0) is 11.6. The predicted octanol–water partition coefficient (Wildman–Crippen LogP) is 2.45. The van der Waals surface area contributed by atoms with E-state index >= 15 is 0 Å². The fourth-order valence-electron chi connectivity index (χ4n) is 1.41. The van der Waals surface area contributed by atoms with Gasteiger partial charge in [0, 0.05) is 6.20 Å². The summed E-state index contributed by atoms with van der Waals surface area (Å²) < 4.78 is 25.7. The zero-order valence-corrected chi connectivity index (χ0v) is 10.3. The summed E-state index contributed by atoms with van der Waals surface area (Å²) in [6.45, 7) is 0. The first-order valence-electron chi connectivity index (χ1n) is 4.68. The second-order valence-electron chi connectivity index (χ2n) is 3.16. The molecule has 0 saturated heterocycles. The van der Waals surface area contributed by atoms with Crippen molar-refractivity contribution in [3.05, 3.63) is 48.7 Å². The van der Waals surface area contributed by atoms with Gasteiger partial charge in [0.15, 0.2) is 0 Å². The standard InChI is InChI=1S/C11H11NO2S2/c1-15-11-8-5-9-12(11)16(13,14)10-6-3-2-4-7-10/h2-9H,1H3. The van der Waals surface area contributed by atoms with E-state index in [0.717, 1.165) is 0 Å². The summed E-state index contributed by atoms with van der Waals surface area (Å²) in [7, 11) is -3.44. The predicted molar refractivity (Wildman–Crippen MR) is 65.2 cm³/mol. The Balaban J connectivity index is 2.56. The SMILES string of the molecule is CSc1cccn1S(=O)(=O)c1ccccc1. The van der Waals surface area contributed by atoms with Crippen LogP contribution in [0.25, 0.3) is 0 Å². The molecule has 0 unspecified atom stereocenters. The fourth-order valence-corrected chi connectivity index (χ4v) is 3.64. The van der Waals surface area contributed by atoms with Gasteiger partial charge in [-0.05, 0) is 30.5 Å². The maximum absolute atomic E-state index is 12.2. The topological polar surface area (TPSA) is 39.1 Å². The summed E-state index contributed by atoms with van der Waals surface area (Å²) in [6.07, 6.45) is 3.42. The number of thioether (sulfide) groups is 1. The van der Waals surface area contributed by atoms with Gasteiger partial charge in [0.25, 0.3) is 10.0 Å². The first-order chi connectivity index (χ1) is 7.66. The van der Waals surface area contributed by atoms with Crippen molar-refractivity contribution in [2.75, 3.05) is 6.26 Å². The van der Waals surface area contributed by atoms with E-state index < -0.39 is 10.0 Å². The second kappa shape index (κ2) is 4.35. The molecule has 84 valence electrons. The molecule has 0 aliphatic rings. The van der Waals surface area contributed by atoms with Gasteiger partial charge in [0.2, 0.25) is 0 Å². The molecular formula is C11H11NO2S2. The van der Waals surface area contributed by atoms with Gasteiger partial charge in [-0.1, -0.05) is 18.2 Å². The van der Waals surface area contributed by atoms with E-state index in [1.165, 1.54) is 15.7 Å². The molecule has 0 fully saturated rings. The van der Waals surface area contributed by atoms with Gasteiger partial charge >= 0.3 is 0 Å². The van der Waals surface area contributed by atoms with Crippen molar-refractivity contribution >= 4 is 21.8 Å². The average molecular weight is 253 g/mol. The first-order valence-corrected chi connectivity index (χ1v) is 7.35. The third-order valence-corrected chi connectivity index (χ3v) is 4.76. The molecule has 0 radical (unpaired) electrons. The molecule has 1 heterocycles. The van der Waals surface area contributed by atoms with E-state index in [4.69, 9.17) is 0 Å². The lowest BCUT2D eigenvalue weighted by atomic mass is 10.4. The summed E-state index contributed by atoms with van der Waals surface area (Å²) in [5, 5.41) is 0.712. The Morgan fingerprint density at radius 3 is 2.38 bits per heavy atom. The van der Waals surface area contributed by atoms with Crippen LogP contribution < -0.4 is 0 Å². The normalized spacial score (nSPS) is 11.6. The quantitative estimate of drug-likeness (QED) is 0.789. The lowest BCUT2D eigenvalue weighted by molar-refractivity contribution is 0.583. The highest BCUT2D eigenvalue weighted by atomic mass is 32.2. The smallest absolute Gasteiger partial charge is 0.236 e. The van der Waals surface area contributed by atoms with Gasteiger partial charge in [-0.2, -0.15) is 0 Å². The third kappa shape index (κ3) is 1.88. The Kier molecular flexibility index (Phi) is 3.07. The molecule has 0 bridgehead atoms. The number of aromatic nitrogens is 1. The molecule has 2 aromatic rings. The molecule has 3 nitrogen and oxygen atoms in total. The van der Waals surface area contributed by atoms with Crippen molar-refractivity contribution in [3.63, 3.8) is 0 Å². The highest BCUT2D eigenvalue weighted by Crippen LogP contribution is 2.21. The second-order valence-corrected chi connectivity index (χ2v) is 5.81. The van der Waals surface area contributed by atoms with Gasteiger partial charge in [0.05, 0.1) is 9.92 Å². The molecule has 0 aliphatic carbocycles. The van der Waals surface area contributed by atoms with E-state index in [-0.39, 0.29) is 0 Å². The number of rotatable bonds is 3. The minimum Gasteiger partial charge on any atom is -0.236 e. The maximum Gasteiger partial charge on any atom is 0.268 e. The van der Waals surface area contributed by atoms with Crippen LogP contribution in [-0.4, -0.2) is 18.6 Å². The van der Waals surface area contributed by atoms with Gasteiger partial charge in [-0.3, -0.25) is 0 Å². The molecule has 2 rings (SSSR count). The number of benzene rings is 1. The van der Waals surface area contributed by atoms with Gasteiger partial charge < -0.3 is 0 Å². The summed E-state index contributed by atoms with van der Waals surface area (Å²) in [4.78, 5) is 0.307. The molecular weight excluding hydrogens is 242 g/mol. The Hall–Kier alpha value is -1.20. The zero-order valence-electron chi connectivity index (χ0n) is 8.70. The van der Waals surface area contributed by atoms with Crippen molar-refractivity contribution < 1.29 is 8.42 Å². The van der Waals surface area contributed by atoms with Gasteiger partial charge in [-0.15, -0.1) is 11.8 Å². The maximum atomic E-state index is 12.2. The van der Waals surface area contributed by atoms with Crippen molar-refractivity contribution in [1.82, 2.24) is 3.97 Å². The number of hydrogen-bond acceptors (Lipinski definition) is 3. The number of hydrogen-bond donors (Lipinski definition) is 0. The Labute approximate surface area is 99.2 Å². The molecule has 1 aromatic carbocycles. The first kappa shape index (κ1) is 11.3. The fraction of sp³-hybridized carbons (Fsp3) is 0.0909.